The van der Waals surface area contributed by atoms with Crippen molar-refractivity contribution in [3.63, 3.8) is 0 Å². The summed E-state index contributed by atoms with van der Waals surface area (Å²) in [5.41, 5.74) is 4.62. The maximum atomic E-state index is 12.1. The zero-order valence-corrected chi connectivity index (χ0v) is 11.9. The van der Waals surface area contributed by atoms with Crippen LogP contribution in [0.25, 0.3) is 0 Å². The van der Waals surface area contributed by atoms with E-state index in [9.17, 15) is 14.7 Å². The molecule has 7 nitrogen and oxygen atoms in total. The molecular formula is C12H17N3O4S. The van der Waals surface area contributed by atoms with Crippen LogP contribution >= 0.6 is 11.3 Å². The molecule has 0 saturated carbocycles. The Morgan fingerprint density at radius 1 is 1.55 bits per heavy atom. The summed E-state index contributed by atoms with van der Waals surface area (Å²) in [5.74, 6) is -1.53. The number of aliphatic carboxylic acids is 1. The Balaban J connectivity index is 2.13. The highest BCUT2D eigenvalue weighted by molar-refractivity contribution is 7.09. The Labute approximate surface area is 120 Å². The average Bonchev–Trinajstić information content (AvgIpc) is 2.89. The number of carboxylic acid groups (broad SMARTS) is 1. The molecule has 0 bridgehead atoms. The van der Waals surface area contributed by atoms with Gasteiger partial charge in [0.25, 0.3) is 5.91 Å². The van der Waals surface area contributed by atoms with Crippen molar-refractivity contribution in [1.29, 1.82) is 0 Å². The normalized spacial score (nSPS) is 19.3. The van der Waals surface area contributed by atoms with E-state index in [0.717, 1.165) is 0 Å². The minimum Gasteiger partial charge on any atom is -0.480 e. The zero-order chi connectivity index (χ0) is 14.8. The van der Waals surface area contributed by atoms with Crippen molar-refractivity contribution < 1.29 is 19.4 Å². The molecule has 8 heteroatoms. The van der Waals surface area contributed by atoms with E-state index in [1.807, 2.05) is 0 Å². The second kappa shape index (κ2) is 5.86. The molecule has 2 rings (SSSR count). The summed E-state index contributed by atoms with van der Waals surface area (Å²) in [6.45, 7) is 2.40. The van der Waals surface area contributed by atoms with Crippen LogP contribution in [0.4, 0.5) is 0 Å². The fourth-order valence-electron chi connectivity index (χ4n) is 1.99. The molecule has 0 spiro atoms. The predicted molar refractivity (Wildman–Crippen MR) is 72.6 cm³/mol. The number of hydrogen-bond donors (Lipinski definition) is 3. The van der Waals surface area contributed by atoms with Gasteiger partial charge in [0, 0.05) is 31.4 Å². The van der Waals surface area contributed by atoms with Gasteiger partial charge in [0.15, 0.2) is 0 Å². The van der Waals surface area contributed by atoms with Crippen LogP contribution in [0.15, 0.2) is 5.38 Å². The lowest BCUT2D eigenvalue weighted by atomic mass is 9.90. The van der Waals surface area contributed by atoms with Gasteiger partial charge in [-0.15, -0.1) is 11.3 Å². The van der Waals surface area contributed by atoms with Crippen molar-refractivity contribution in [2.45, 2.75) is 31.3 Å². The molecule has 0 radical (unpaired) electrons. The Kier molecular flexibility index (Phi) is 4.36. The van der Waals surface area contributed by atoms with E-state index in [0.29, 0.717) is 18.2 Å². The summed E-state index contributed by atoms with van der Waals surface area (Å²) in [6, 6.07) is -0.252. The second-order valence-corrected chi connectivity index (χ2v) is 5.70. The molecule has 1 aromatic rings. The molecule has 1 aliphatic heterocycles. The summed E-state index contributed by atoms with van der Waals surface area (Å²) in [6.07, 6.45) is 0.497. The van der Waals surface area contributed by atoms with Crippen LogP contribution in [0.1, 0.15) is 41.3 Å². The van der Waals surface area contributed by atoms with Gasteiger partial charge in [-0.05, 0) is 6.92 Å². The largest absolute Gasteiger partial charge is 0.480 e. The molecule has 2 heterocycles. The van der Waals surface area contributed by atoms with E-state index in [1.165, 1.54) is 11.3 Å². The Bertz CT molecular complexity index is 509. The van der Waals surface area contributed by atoms with Crippen molar-refractivity contribution in [3.8, 4) is 0 Å². The van der Waals surface area contributed by atoms with Gasteiger partial charge in [0.1, 0.15) is 16.2 Å². The van der Waals surface area contributed by atoms with Gasteiger partial charge in [-0.2, -0.15) is 0 Å². The first-order valence-corrected chi connectivity index (χ1v) is 7.17. The number of carboxylic acids is 1. The summed E-state index contributed by atoms with van der Waals surface area (Å²) < 4.78 is 5.15. The van der Waals surface area contributed by atoms with Crippen molar-refractivity contribution in [2.24, 2.45) is 5.73 Å². The number of hydrogen-bond acceptors (Lipinski definition) is 6. The van der Waals surface area contributed by atoms with Gasteiger partial charge < -0.3 is 20.9 Å². The number of thiazole rings is 1. The molecule has 1 atom stereocenters. The third-order valence-electron chi connectivity index (χ3n) is 3.25. The van der Waals surface area contributed by atoms with E-state index in [4.69, 9.17) is 10.5 Å². The summed E-state index contributed by atoms with van der Waals surface area (Å²) in [7, 11) is 0. The smallest absolute Gasteiger partial charge is 0.329 e. The number of nitrogens with two attached hydrogens (primary N) is 1. The van der Waals surface area contributed by atoms with E-state index in [1.54, 1.807) is 12.3 Å². The van der Waals surface area contributed by atoms with Crippen molar-refractivity contribution in [1.82, 2.24) is 10.3 Å². The molecule has 0 aliphatic carbocycles. The van der Waals surface area contributed by atoms with Crippen LogP contribution in [-0.2, 0) is 9.53 Å². The first kappa shape index (κ1) is 14.9. The average molecular weight is 299 g/mol. The number of nitrogens with zero attached hydrogens (tertiary/aromatic N) is 1. The summed E-state index contributed by atoms with van der Waals surface area (Å²) in [5, 5.41) is 14.2. The van der Waals surface area contributed by atoms with E-state index in [-0.39, 0.29) is 24.6 Å². The number of amides is 1. The molecule has 1 aliphatic rings. The van der Waals surface area contributed by atoms with Gasteiger partial charge in [-0.25, -0.2) is 9.78 Å². The number of nitrogens with one attached hydrogen (secondary N) is 1. The van der Waals surface area contributed by atoms with Gasteiger partial charge in [0.05, 0.1) is 6.04 Å². The summed E-state index contributed by atoms with van der Waals surface area (Å²) in [4.78, 5) is 27.7. The lowest BCUT2D eigenvalue weighted by Crippen LogP contribution is -2.57. The molecule has 110 valence electrons. The van der Waals surface area contributed by atoms with E-state index >= 15 is 0 Å². The lowest BCUT2D eigenvalue weighted by Gasteiger charge is -2.33. The van der Waals surface area contributed by atoms with Crippen LogP contribution in [0, 0.1) is 0 Å². The van der Waals surface area contributed by atoms with Gasteiger partial charge in [-0.1, -0.05) is 0 Å². The highest BCUT2D eigenvalue weighted by atomic mass is 32.1. The highest BCUT2D eigenvalue weighted by Gasteiger charge is 2.42. The fraction of sp³-hybridized carbons (Fsp3) is 0.583. The standard InChI is InChI=1S/C12H17N3O4S/c1-7(13)10-14-8(6-20-10)9(16)15-12(11(17)18)2-4-19-5-3-12/h6-7H,2-5,13H2,1H3,(H,15,16)(H,17,18). The van der Waals surface area contributed by atoms with Crippen LogP contribution in [0.5, 0.6) is 0 Å². The number of aromatic nitrogens is 1. The molecule has 1 aromatic heterocycles. The molecule has 4 N–H and O–H groups in total. The predicted octanol–water partition coefficient (Wildman–Crippen LogP) is 0.526. The quantitative estimate of drug-likeness (QED) is 0.747. The molecule has 1 fully saturated rings. The first-order chi connectivity index (χ1) is 9.44. The second-order valence-electron chi connectivity index (χ2n) is 4.81. The van der Waals surface area contributed by atoms with Gasteiger partial charge in [0.2, 0.25) is 0 Å². The Hall–Kier alpha value is -1.51. The fourth-order valence-corrected chi connectivity index (χ4v) is 2.75. The van der Waals surface area contributed by atoms with Gasteiger partial charge in [-0.3, -0.25) is 4.79 Å². The van der Waals surface area contributed by atoms with Crippen molar-refractivity contribution in [3.05, 3.63) is 16.1 Å². The number of carbonyl (C=O) groups excluding carboxylic acids is 1. The van der Waals surface area contributed by atoms with Crippen LogP contribution in [0.3, 0.4) is 0 Å². The van der Waals surface area contributed by atoms with Crippen LogP contribution in [-0.4, -0.2) is 40.7 Å². The highest BCUT2D eigenvalue weighted by Crippen LogP contribution is 2.22. The molecule has 1 saturated heterocycles. The minimum atomic E-state index is -1.27. The molecule has 0 aromatic carbocycles. The lowest BCUT2D eigenvalue weighted by molar-refractivity contribution is -0.148. The monoisotopic (exact) mass is 299 g/mol. The van der Waals surface area contributed by atoms with E-state index < -0.39 is 17.4 Å². The van der Waals surface area contributed by atoms with Crippen molar-refractivity contribution >= 4 is 23.2 Å². The molecule has 1 unspecified atom stereocenters. The third kappa shape index (κ3) is 2.97. The molecule has 1 amide bonds. The first-order valence-electron chi connectivity index (χ1n) is 6.29. The number of rotatable bonds is 4. The minimum absolute atomic E-state index is 0.203. The Morgan fingerprint density at radius 3 is 2.70 bits per heavy atom. The zero-order valence-electron chi connectivity index (χ0n) is 11.1. The summed E-state index contributed by atoms with van der Waals surface area (Å²) >= 11 is 1.29. The molecule has 20 heavy (non-hydrogen) atoms. The SMILES string of the molecule is CC(N)c1nc(C(=O)NC2(C(=O)O)CCOCC2)cs1. The van der Waals surface area contributed by atoms with Crippen molar-refractivity contribution in [2.75, 3.05) is 13.2 Å². The number of carbonyl (C=O) groups is 2. The number of ether oxygens (including phenoxy) is 1. The van der Waals surface area contributed by atoms with Crippen LogP contribution < -0.4 is 11.1 Å². The van der Waals surface area contributed by atoms with Gasteiger partial charge >= 0.3 is 5.97 Å². The third-order valence-corrected chi connectivity index (χ3v) is 4.30. The molecular weight excluding hydrogens is 282 g/mol. The maximum Gasteiger partial charge on any atom is 0.329 e. The topological polar surface area (TPSA) is 115 Å². The van der Waals surface area contributed by atoms with Crippen LogP contribution in [0.2, 0.25) is 0 Å². The van der Waals surface area contributed by atoms with E-state index in [2.05, 4.69) is 10.3 Å². The Morgan fingerprint density at radius 2 is 2.20 bits per heavy atom. The maximum absolute atomic E-state index is 12.1.